The zero-order valence-electron chi connectivity index (χ0n) is 16.7. The molecule has 2 aliphatic rings. The summed E-state index contributed by atoms with van der Waals surface area (Å²) >= 11 is 0. The first-order valence-corrected chi connectivity index (χ1v) is 10.0. The van der Waals surface area contributed by atoms with Crippen molar-refractivity contribution in [3.05, 3.63) is 53.2 Å². The van der Waals surface area contributed by atoms with Crippen molar-refractivity contribution in [1.82, 2.24) is 9.88 Å². The first-order valence-electron chi connectivity index (χ1n) is 10.0. The third-order valence-electron chi connectivity index (χ3n) is 5.76. The largest absolute Gasteiger partial charge is 0.484 e. The van der Waals surface area contributed by atoms with E-state index in [0.717, 1.165) is 37.9 Å². The van der Waals surface area contributed by atoms with Gasteiger partial charge in [-0.15, -0.1) is 0 Å². The van der Waals surface area contributed by atoms with Gasteiger partial charge in [-0.1, -0.05) is 12.1 Å². The van der Waals surface area contributed by atoms with Crippen LogP contribution in [0.25, 0.3) is 0 Å². The molecule has 4 rings (SSSR count). The van der Waals surface area contributed by atoms with Crippen molar-refractivity contribution in [1.29, 1.82) is 0 Å². The number of nitrogens with zero attached hydrogens (tertiary/aromatic N) is 2. The lowest BCUT2D eigenvalue weighted by molar-refractivity contribution is 0.120. The van der Waals surface area contributed by atoms with E-state index in [1.807, 2.05) is 19.1 Å². The Balaban J connectivity index is 0.00000240. The Kier molecular flexibility index (Phi) is 7.35. The molecule has 0 aliphatic carbocycles. The molecule has 7 heteroatoms. The second kappa shape index (κ2) is 9.76. The van der Waals surface area contributed by atoms with E-state index >= 15 is 0 Å². The smallest absolute Gasteiger partial charge is 0.257 e. The van der Waals surface area contributed by atoms with Crippen LogP contribution in [0.4, 0.5) is 8.78 Å². The second-order valence-electron chi connectivity index (χ2n) is 7.70. The Hall–Kier alpha value is -1.86. The molecule has 2 aliphatic heterocycles. The van der Waals surface area contributed by atoms with Gasteiger partial charge in [-0.2, -0.15) is 13.5 Å². The van der Waals surface area contributed by atoms with E-state index in [-0.39, 0.29) is 31.2 Å². The Morgan fingerprint density at radius 2 is 1.93 bits per heavy atom. The fraction of sp³-hybridized carbons (Fsp3) is 0.500. The van der Waals surface area contributed by atoms with Gasteiger partial charge in [-0.05, 0) is 62.8 Å². The molecular formula is C22H28F2N2O2S. The SMILES string of the molecule is CC(c1nc2c(cc1F)OCCO2)N1CCC[C@@H](CCc2ccc(F)cc2)C1.S. The lowest BCUT2D eigenvalue weighted by Crippen LogP contribution is -2.38. The van der Waals surface area contributed by atoms with Gasteiger partial charge in [-0.25, -0.2) is 13.8 Å². The number of aromatic nitrogens is 1. The predicted octanol–water partition coefficient (Wildman–Crippen LogP) is 4.65. The summed E-state index contributed by atoms with van der Waals surface area (Å²) in [5.41, 5.74) is 1.58. The summed E-state index contributed by atoms with van der Waals surface area (Å²) in [4.78, 5) is 6.72. The molecule has 4 nitrogen and oxygen atoms in total. The molecule has 3 heterocycles. The number of hydrogen-bond acceptors (Lipinski definition) is 4. The average molecular weight is 423 g/mol. The molecule has 1 fully saturated rings. The molecule has 1 aromatic heterocycles. The summed E-state index contributed by atoms with van der Waals surface area (Å²) in [6, 6.07) is 8.01. The molecule has 1 unspecified atom stereocenters. The molecule has 0 spiro atoms. The number of aryl methyl sites for hydroxylation is 1. The monoisotopic (exact) mass is 422 g/mol. The van der Waals surface area contributed by atoms with Crippen LogP contribution in [0.15, 0.2) is 30.3 Å². The summed E-state index contributed by atoms with van der Waals surface area (Å²) < 4.78 is 38.6. The van der Waals surface area contributed by atoms with E-state index in [1.54, 1.807) is 0 Å². The van der Waals surface area contributed by atoms with Gasteiger partial charge in [0.05, 0.1) is 11.7 Å². The van der Waals surface area contributed by atoms with Gasteiger partial charge in [0.15, 0.2) is 5.75 Å². The minimum atomic E-state index is -0.342. The van der Waals surface area contributed by atoms with E-state index in [9.17, 15) is 8.78 Å². The zero-order chi connectivity index (χ0) is 19.5. The fourth-order valence-corrected chi connectivity index (χ4v) is 4.14. The number of likely N-dealkylation sites (tertiary alicyclic amines) is 1. The summed E-state index contributed by atoms with van der Waals surface area (Å²) in [6.07, 6.45) is 4.24. The zero-order valence-corrected chi connectivity index (χ0v) is 17.7. The quantitative estimate of drug-likeness (QED) is 0.703. The highest BCUT2D eigenvalue weighted by molar-refractivity contribution is 7.59. The van der Waals surface area contributed by atoms with Crippen LogP contribution in [0, 0.1) is 17.6 Å². The van der Waals surface area contributed by atoms with E-state index < -0.39 is 0 Å². The molecule has 0 radical (unpaired) electrons. The number of pyridine rings is 1. The van der Waals surface area contributed by atoms with Crippen LogP contribution in [0.5, 0.6) is 11.6 Å². The molecule has 0 amide bonds. The van der Waals surface area contributed by atoms with Crippen molar-refractivity contribution in [3.63, 3.8) is 0 Å². The van der Waals surface area contributed by atoms with Crippen molar-refractivity contribution in [2.24, 2.45) is 5.92 Å². The van der Waals surface area contributed by atoms with Gasteiger partial charge in [0.2, 0.25) is 0 Å². The van der Waals surface area contributed by atoms with Crippen LogP contribution in [-0.2, 0) is 6.42 Å². The fourth-order valence-electron chi connectivity index (χ4n) is 4.14. The summed E-state index contributed by atoms with van der Waals surface area (Å²) in [6.45, 7) is 4.71. The summed E-state index contributed by atoms with van der Waals surface area (Å²) in [5.74, 6) is 0.775. The van der Waals surface area contributed by atoms with Gasteiger partial charge in [0.1, 0.15) is 24.8 Å². The molecule has 2 atom stereocenters. The lowest BCUT2D eigenvalue weighted by atomic mass is 9.90. The first-order chi connectivity index (χ1) is 13.6. The summed E-state index contributed by atoms with van der Waals surface area (Å²) in [7, 11) is 0. The highest BCUT2D eigenvalue weighted by Gasteiger charge is 2.28. The number of benzene rings is 1. The predicted molar refractivity (Wildman–Crippen MR) is 113 cm³/mol. The van der Waals surface area contributed by atoms with Crippen LogP contribution in [0.1, 0.15) is 43.5 Å². The Labute approximate surface area is 177 Å². The maximum Gasteiger partial charge on any atom is 0.257 e. The molecule has 0 N–H and O–H groups in total. The first kappa shape index (κ1) is 21.8. The second-order valence-corrected chi connectivity index (χ2v) is 7.70. The van der Waals surface area contributed by atoms with Gasteiger partial charge < -0.3 is 9.47 Å². The number of ether oxygens (including phenoxy) is 2. The van der Waals surface area contributed by atoms with Gasteiger partial charge in [0, 0.05) is 12.6 Å². The maximum absolute atomic E-state index is 14.6. The van der Waals surface area contributed by atoms with Gasteiger partial charge in [-0.3, -0.25) is 4.90 Å². The third kappa shape index (κ3) is 5.20. The minimum absolute atomic E-state index is 0. The van der Waals surface area contributed by atoms with Crippen LogP contribution < -0.4 is 9.47 Å². The third-order valence-corrected chi connectivity index (χ3v) is 5.76. The van der Waals surface area contributed by atoms with Crippen LogP contribution in [0.2, 0.25) is 0 Å². The molecule has 29 heavy (non-hydrogen) atoms. The van der Waals surface area contributed by atoms with Crippen molar-refractivity contribution in [2.75, 3.05) is 26.3 Å². The maximum atomic E-state index is 14.6. The lowest BCUT2D eigenvalue weighted by Gasteiger charge is -2.37. The molecule has 2 aromatic rings. The van der Waals surface area contributed by atoms with E-state index in [1.165, 1.54) is 24.6 Å². The van der Waals surface area contributed by atoms with Crippen LogP contribution in [0.3, 0.4) is 0 Å². The number of hydrogen-bond donors (Lipinski definition) is 0. The normalized spacial score (nSPS) is 20.0. The summed E-state index contributed by atoms with van der Waals surface area (Å²) in [5, 5.41) is 0. The molecule has 158 valence electrons. The van der Waals surface area contributed by atoms with Crippen LogP contribution in [-0.4, -0.2) is 36.2 Å². The Morgan fingerprint density at radius 3 is 2.72 bits per heavy atom. The van der Waals surface area contributed by atoms with Gasteiger partial charge in [0.25, 0.3) is 5.88 Å². The van der Waals surface area contributed by atoms with Gasteiger partial charge >= 0.3 is 0 Å². The highest BCUT2D eigenvalue weighted by Crippen LogP contribution is 2.34. The van der Waals surface area contributed by atoms with Crippen molar-refractivity contribution in [3.8, 4) is 11.6 Å². The molecule has 1 saturated heterocycles. The molecular weight excluding hydrogens is 394 g/mol. The van der Waals surface area contributed by atoms with E-state index in [0.29, 0.717) is 36.5 Å². The van der Waals surface area contributed by atoms with Crippen molar-refractivity contribution in [2.45, 2.75) is 38.6 Å². The molecule has 0 bridgehead atoms. The highest BCUT2D eigenvalue weighted by atomic mass is 32.1. The number of rotatable bonds is 5. The van der Waals surface area contributed by atoms with E-state index in [4.69, 9.17) is 9.47 Å². The standard InChI is InChI=1S/C22H26F2N2O2.H2S/c1-15(21-19(24)13-20-22(25-21)28-12-11-27-20)26-10-2-3-17(14-26)5-4-16-6-8-18(23)9-7-16;/h6-9,13,15,17H,2-5,10-12,14H2,1H3;1H2/t15?,17-;/m0./s1. The Morgan fingerprint density at radius 1 is 1.17 bits per heavy atom. The average Bonchev–Trinajstić information content (AvgIpc) is 2.72. The van der Waals surface area contributed by atoms with Crippen molar-refractivity contribution < 1.29 is 18.3 Å². The Bertz CT molecular complexity index is 819. The van der Waals surface area contributed by atoms with Crippen molar-refractivity contribution >= 4 is 13.5 Å². The van der Waals surface area contributed by atoms with E-state index in [2.05, 4.69) is 9.88 Å². The number of piperidine rings is 1. The minimum Gasteiger partial charge on any atom is -0.484 e. The topological polar surface area (TPSA) is 34.6 Å². The molecule has 0 saturated carbocycles. The number of fused-ring (bicyclic) bond motifs is 1. The molecule has 1 aromatic carbocycles. The van der Waals surface area contributed by atoms with Crippen LogP contribution >= 0.6 is 13.5 Å². The number of halogens is 2.